The van der Waals surface area contributed by atoms with Gasteiger partial charge >= 0.3 is 0 Å². The summed E-state index contributed by atoms with van der Waals surface area (Å²) in [5.74, 6) is -0.467. The average molecular weight is 460 g/mol. The second-order valence-electron chi connectivity index (χ2n) is 8.21. The van der Waals surface area contributed by atoms with Crippen molar-refractivity contribution < 1.29 is 18.1 Å². The van der Waals surface area contributed by atoms with Gasteiger partial charge in [-0.15, -0.1) is 0 Å². The number of hydrogen-bond acceptors (Lipinski definition) is 5. The van der Waals surface area contributed by atoms with Gasteiger partial charge in [-0.2, -0.15) is 0 Å². The van der Waals surface area contributed by atoms with E-state index in [1.165, 1.54) is 42.7 Å². The maximum Gasteiger partial charge on any atom is 0.274 e. The monoisotopic (exact) mass is 459 g/mol. The molecule has 1 atom stereocenters. The predicted molar refractivity (Wildman–Crippen MR) is 124 cm³/mol. The number of rotatable bonds is 8. The van der Waals surface area contributed by atoms with Crippen LogP contribution in [0, 0.1) is 17.0 Å². The molecule has 0 fully saturated rings. The first-order valence-electron chi connectivity index (χ1n) is 10.7. The normalized spacial score (nSPS) is 14.3. The number of sulfonamides is 1. The third-order valence-electron chi connectivity index (χ3n) is 5.95. The van der Waals surface area contributed by atoms with E-state index in [1.54, 1.807) is 0 Å². The summed E-state index contributed by atoms with van der Waals surface area (Å²) in [4.78, 5) is 23.6. The topological polar surface area (TPSA) is 110 Å². The smallest absolute Gasteiger partial charge is 0.274 e. The Morgan fingerprint density at radius 2 is 1.88 bits per heavy atom. The minimum absolute atomic E-state index is 0.124. The lowest BCUT2D eigenvalue weighted by Gasteiger charge is -2.26. The van der Waals surface area contributed by atoms with Crippen LogP contribution in [0.1, 0.15) is 54.5 Å². The SMILES string of the molecule is CC[C@@H](NC(=O)CN(c1cccc([N+](=O)[O-])c1C)S(C)(=O)=O)c1ccc2c(c1)CCCC2. The van der Waals surface area contributed by atoms with E-state index in [0.29, 0.717) is 6.42 Å². The first-order valence-corrected chi connectivity index (χ1v) is 12.6. The minimum Gasteiger partial charge on any atom is -0.348 e. The molecule has 0 radical (unpaired) electrons. The summed E-state index contributed by atoms with van der Waals surface area (Å²) in [5, 5.41) is 14.2. The van der Waals surface area contributed by atoms with E-state index >= 15 is 0 Å². The highest BCUT2D eigenvalue weighted by Crippen LogP contribution is 2.30. The van der Waals surface area contributed by atoms with E-state index in [-0.39, 0.29) is 23.0 Å². The lowest BCUT2D eigenvalue weighted by molar-refractivity contribution is -0.385. The third-order valence-corrected chi connectivity index (χ3v) is 7.07. The molecule has 0 aliphatic heterocycles. The molecule has 9 heteroatoms. The minimum atomic E-state index is -3.85. The van der Waals surface area contributed by atoms with E-state index in [2.05, 4.69) is 17.4 Å². The summed E-state index contributed by atoms with van der Waals surface area (Å²) in [7, 11) is -3.85. The lowest BCUT2D eigenvalue weighted by Crippen LogP contribution is -2.41. The molecular formula is C23H29N3O5S. The third kappa shape index (κ3) is 5.27. The van der Waals surface area contributed by atoms with Gasteiger partial charge in [-0.3, -0.25) is 19.2 Å². The van der Waals surface area contributed by atoms with E-state index in [1.807, 2.05) is 13.0 Å². The maximum absolute atomic E-state index is 12.9. The van der Waals surface area contributed by atoms with Gasteiger partial charge in [-0.05, 0) is 61.8 Å². The molecule has 0 aromatic heterocycles. The molecule has 0 spiro atoms. The average Bonchev–Trinajstić information content (AvgIpc) is 2.75. The molecule has 3 rings (SSSR count). The number of anilines is 1. The molecule has 0 saturated heterocycles. The van der Waals surface area contributed by atoms with Crippen LogP contribution in [0.25, 0.3) is 0 Å². The number of amides is 1. The number of carbonyl (C=O) groups excluding carboxylic acids is 1. The number of nitro benzene ring substituents is 1. The van der Waals surface area contributed by atoms with Crippen molar-refractivity contribution >= 4 is 27.3 Å². The zero-order chi connectivity index (χ0) is 23.5. The van der Waals surface area contributed by atoms with Gasteiger partial charge in [0.1, 0.15) is 6.54 Å². The van der Waals surface area contributed by atoms with Crippen LogP contribution in [0.4, 0.5) is 11.4 Å². The highest BCUT2D eigenvalue weighted by atomic mass is 32.2. The molecule has 172 valence electrons. The molecule has 32 heavy (non-hydrogen) atoms. The molecule has 1 aliphatic rings. The molecule has 0 heterocycles. The van der Waals surface area contributed by atoms with Gasteiger partial charge in [-0.1, -0.05) is 31.2 Å². The van der Waals surface area contributed by atoms with Crippen molar-refractivity contribution in [2.45, 2.75) is 52.0 Å². The largest absolute Gasteiger partial charge is 0.348 e. The summed E-state index contributed by atoms with van der Waals surface area (Å²) >= 11 is 0. The van der Waals surface area contributed by atoms with Gasteiger partial charge in [-0.25, -0.2) is 8.42 Å². The molecule has 1 aliphatic carbocycles. The lowest BCUT2D eigenvalue weighted by atomic mass is 9.89. The van der Waals surface area contributed by atoms with Crippen molar-refractivity contribution in [3.63, 3.8) is 0 Å². The standard InChI is InChI=1S/C23H29N3O5S/c1-4-20(19-13-12-17-8-5-6-9-18(17)14-19)24-23(27)15-25(32(3,30)31)21-10-7-11-22(16(21)2)26(28)29/h7,10-14,20H,4-6,8-9,15H2,1-3H3,(H,24,27)/t20-/m1/s1. The molecule has 0 unspecified atom stereocenters. The Hall–Kier alpha value is -2.94. The Morgan fingerprint density at radius 1 is 1.19 bits per heavy atom. The van der Waals surface area contributed by atoms with Crippen LogP contribution in [-0.2, 0) is 27.7 Å². The van der Waals surface area contributed by atoms with Crippen LogP contribution in [0.2, 0.25) is 0 Å². The van der Waals surface area contributed by atoms with E-state index in [4.69, 9.17) is 0 Å². The second-order valence-corrected chi connectivity index (χ2v) is 10.1. The van der Waals surface area contributed by atoms with Gasteiger partial charge in [0, 0.05) is 6.07 Å². The maximum atomic E-state index is 12.9. The van der Waals surface area contributed by atoms with E-state index < -0.39 is 27.4 Å². The Balaban J connectivity index is 1.83. The highest BCUT2D eigenvalue weighted by molar-refractivity contribution is 7.92. The van der Waals surface area contributed by atoms with Crippen LogP contribution in [-0.4, -0.2) is 32.0 Å². The second kappa shape index (κ2) is 9.68. The first kappa shape index (κ1) is 23.7. The zero-order valence-electron chi connectivity index (χ0n) is 18.6. The molecule has 2 aromatic rings. The van der Waals surface area contributed by atoms with Gasteiger partial charge in [0.05, 0.1) is 28.5 Å². The number of benzene rings is 2. The fraction of sp³-hybridized carbons (Fsp3) is 0.435. The number of hydrogen-bond donors (Lipinski definition) is 1. The molecular weight excluding hydrogens is 430 g/mol. The van der Waals surface area contributed by atoms with Crippen molar-refractivity contribution in [1.82, 2.24) is 5.32 Å². The van der Waals surface area contributed by atoms with Crippen LogP contribution in [0.3, 0.4) is 0 Å². The summed E-state index contributed by atoms with van der Waals surface area (Å²) in [5.41, 5.74) is 3.78. The number of nitrogens with zero attached hydrogens (tertiary/aromatic N) is 2. The Bertz CT molecular complexity index is 1130. The highest BCUT2D eigenvalue weighted by Gasteiger charge is 2.27. The Labute approximate surface area is 188 Å². The van der Waals surface area contributed by atoms with Gasteiger partial charge in [0.15, 0.2) is 0 Å². The molecule has 0 bridgehead atoms. The van der Waals surface area contributed by atoms with Crippen LogP contribution in [0.15, 0.2) is 36.4 Å². The summed E-state index contributed by atoms with van der Waals surface area (Å²) in [6.07, 6.45) is 6.09. The van der Waals surface area contributed by atoms with Gasteiger partial charge in [0.25, 0.3) is 5.69 Å². The summed E-state index contributed by atoms with van der Waals surface area (Å²) in [6.45, 7) is 2.98. The molecule has 1 N–H and O–H groups in total. The van der Waals surface area contributed by atoms with Crippen molar-refractivity contribution in [2.24, 2.45) is 0 Å². The number of aryl methyl sites for hydroxylation is 2. The van der Waals surface area contributed by atoms with Crippen molar-refractivity contribution in [3.8, 4) is 0 Å². The zero-order valence-corrected chi connectivity index (χ0v) is 19.4. The Kier molecular flexibility index (Phi) is 7.18. The summed E-state index contributed by atoms with van der Waals surface area (Å²) < 4.78 is 25.8. The molecule has 2 aromatic carbocycles. The first-order chi connectivity index (χ1) is 15.1. The molecule has 0 saturated carbocycles. The number of carbonyl (C=O) groups is 1. The molecule has 8 nitrogen and oxygen atoms in total. The Morgan fingerprint density at radius 3 is 2.50 bits per heavy atom. The van der Waals surface area contributed by atoms with Crippen molar-refractivity contribution in [2.75, 3.05) is 17.1 Å². The number of nitro groups is 1. The number of fused-ring (bicyclic) bond motifs is 1. The van der Waals surface area contributed by atoms with E-state index in [9.17, 15) is 23.3 Å². The van der Waals surface area contributed by atoms with Crippen LogP contribution in [0.5, 0.6) is 0 Å². The fourth-order valence-electron chi connectivity index (χ4n) is 4.22. The van der Waals surface area contributed by atoms with Crippen molar-refractivity contribution in [1.29, 1.82) is 0 Å². The van der Waals surface area contributed by atoms with Gasteiger partial charge < -0.3 is 5.32 Å². The number of nitrogens with one attached hydrogen (secondary N) is 1. The molecule has 1 amide bonds. The predicted octanol–water partition coefficient (Wildman–Crippen LogP) is 3.82. The fourth-order valence-corrected chi connectivity index (χ4v) is 5.13. The van der Waals surface area contributed by atoms with Crippen LogP contribution < -0.4 is 9.62 Å². The van der Waals surface area contributed by atoms with Crippen molar-refractivity contribution in [3.05, 3.63) is 68.8 Å². The van der Waals surface area contributed by atoms with Gasteiger partial charge in [0.2, 0.25) is 15.9 Å². The summed E-state index contributed by atoms with van der Waals surface area (Å²) in [6, 6.07) is 10.2. The van der Waals surface area contributed by atoms with E-state index in [0.717, 1.165) is 35.4 Å². The van der Waals surface area contributed by atoms with Crippen LogP contribution >= 0.6 is 0 Å². The quantitative estimate of drug-likeness (QED) is 0.477.